The van der Waals surface area contributed by atoms with Crippen LogP contribution < -0.4 is 12.5 Å². The maximum atomic E-state index is 12.9. The summed E-state index contributed by atoms with van der Waals surface area (Å²) in [5.41, 5.74) is -2.06. The number of carbonyl (C=O) groups is 3. The second kappa shape index (κ2) is 13.4. The van der Waals surface area contributed by atoms with Gasteiger partial charge in [-0.05, 0) is 36.4 Å². The van der Waals surface area contributed by atoms with Crippen molar-refractivity contribution in [3.63, 3.8) is 0 Å². The number of rotatable bonds is 12. The summed E-state index contributed by atoms with van der Waals surface area (Å²) in [6, 6.07) is 12.8. The van der Waals surface area contributed by atoms with Gasteiger partial charge in [-0.1, -0.05) is 36.4 Å². The van der Waals surface area contributed by atoms with Crippen molar-refractivity contribution in [2.45, 2.75) is 0 Å². The van der Waals surface area contributed by atoms with Gasteiger partial charge < -0.3 is 23.9 Å². The van der Waals surface area contributed by atoms with E-state index in [0.29, 0.717) is 0 Å². The summed E-state index contributed by atoms with van der Waals surface area (Å²) in [6.45, 7) is 0. The SMILES string of the molecule is O=C([O][Al]([O]C(=O)c1ccccc1OS(=O)(=O)O)[O]C(=O)c1ccccc1OS(=O)(=O)O)c1ccccc1OS(=O)(=O)O. The van der Waals surface area contributed by atoms with E-state index in [9.17, 15) is 39.6 Å². The summed E-state index contributed by atoms with van der Waals surface area (Å²) < 4.78 is 122. The summed E-state index contributed by atoms with van der Waals surface area (Å²) >= 11 is -4.49. The molecule has 3 rings (SSSR count). The second-order valence-electron chi connectivity index (χ2n) is 7.53. The average Bonchev–Trinajstić information content (AvgIpc) is 2.86. The third kappa shape index (κ3) is 10.5. The molecule has 0 aliphatic rings. The first-order chi connectivity index (χ1) is 19.9. The molecule has 0 unspecified atom stereocenters. The minimum atomic E-state index is -5.15. The molecule has 0 saturated heterocycles. The number of carbonyl (C=O) groups excluding carboxylic acids is 3. The normalized spacial score (nSPS) is 11.5. The van der Waals surface area contributed by atoms with Crippen molar-refractivity contribution in [3.05, 3.63) is 89.5 Å². The van der Waals surface area contributed by atoms with Crippen LogP contribution in [0.5, 0.6) is 17.2 Å². The number of hydrogen-bond acceptors (Lipinski definition) is 15. The first kappa shape index (κ1) is 33.2. The highest BCUT2D eigenvalue weighted by Crippen LogP contribution is 2.25. The maximum absolute atomic E-state index is 12.9. The van der Waals surface area contributed by atoms with E-state index >= 15 is 0 Å². The quantitative estimate of drug-likeness (QED) is 0.179. The van der Waals surface area contributed by atoms with Crippen molar-refractivity contribution in [1.82, 2.24) is 0 Å². The van der Waals surface area contributed by atoms with Gasteiger partial charge in [0.05, 0.1) is 0 Å². The summed E-state index contributed by atoms with van der Waals surface area (Å²) in [5.74, 6) is -6.87. The summed E-state index contributed by atoms with van der Waals surface area (Å²) in [6.07, 6.45) is 0. The van der Waals surface area contributed by atoms with Gasteiger partial charge in [0.2, 0.25) is 0 Å². The third-order valence-electron chi connectivity index (χ3n) is 4.52. The molecule has 0 radical (unpaired) electrons. The largest absolute Gasteiger partial charge is 1.20 e. The molecule has 0 saturated carbocycles. The van der Waals surface area contributed by atoms with Crippen molar-refractivity contribution in [1.29, 1.82) is 0 Å². The van der Waals surface area contributed by atoms with Gasteiger partial charge in [-0.3, -0.25) is 13.7 Å². The lowest BCUT2D eigenvalue weighted by Gasteiger charge is -2.16. The van der Waals surface area contributed by atoms with Crippen molar-refractivity contribution in [3.8, 4) is 17.2 Å². The zero-order valence-corrected chi connectivity index (χ0v) is 24.3. The van der Waals surface area contributed by atoms with Crippen LogP contribution in [0.4, 0.5) is 0 Å². The molecule has 18 nitrogen and oxygen atoms in total. The summed E-state index contributed by atoms with van der Waals surface area (Å²) in [5, 5.41) is 0. The van der Waals surface area contributed by atoms with Gasteiger partial charge in [0.15, 0.2) is 17.2 Å². The highest BCUT2D eigenvalue weighted by atomic mass is 32.3. The minimum absolute atomic E-state index is 0.685. The van der Waals surface area contributed by atoms with Gasteiger partial charge in [-0.25, -0.2) is 14.4 Å². The van der Waals surface area contributed by atoms with E-state index in [1.165, 1.54) is 36.4 Å². The average molecular weight is 679 g/mol. The predicted molar refractivity (Wildman–Crippen MR) is 138 cm³/mol. The Labute approximate surface area is 247 Å². The second-order valence-corrected chi connectivity index (χ2v) is 11.9. The maximum Gasteiger partial charge on any atom is 1.20 e. The van der Waals surface area contributed by atoms with E-state index in [1.807, 2.05) is 0 Å². The van der Waals surface area contributed by atoms with E-state index < -0.39 is 98.2 Å². The van der Waals surface area contributed by atoms with E-state index in [2.05, 4.69) is 12.5 Å². The topological polar surface area (TPSA) is 270 Å². The Kier molecular flexibility index (Phi) is 10.3. The van der Waals surface area contributed by atoms with E-state index in [0.717, 1.165) is 36.4 Å². The number of para-hydroxylation sites is 3. The smallest absolute Gasteiger partial charge is 0.547 e. The standard InChI is InChI=1S/3C7H6O6S.Al/c3*8-7(9)5-3-1-2-4-6(5)13-14(10,11)12;/h3*1-4H,(H,8,9)(H,10,11,12);/q;;;+3/p-3. The van der Waals surface area contributed by atoms with E-state index in [4.69, 9.17) is 25.0 Å². The lowest BCUT2D eigenvalue weighted by Crippen LogP contribution is -2.35. The first-order valence-electron chi connectivity index (χ1n) is 10.8. The molecule has 0 amide bonds. The lowest BCUT2D eigenvalue weighted by atomic mass is 10.2. The van der Waals surface area contributed by atoms with Crippen LogP contribution in [-0.2, 0) is 42.6 Å². The molecule has 0 bridgehead atoms. The summed E-state index contributed by atoms with van der Waals surface area (Å²) in [4.78, 5) is 38.7. The Bertz CT molecular complexity index is 1650. The Morgan fingerprint density at radius 1 is 0.465 bits per heavy atom. The Hall–Kier alpha value is -4.27. The lowest BCUT2D eigenvalue weighted by molar-refractivity contribution is 0.0409. The molecule has 228 valence electrons. The Morgan fingerprint density at radius 2 is 0.698 bits per heavy atom. The molecule has 0 aromatic heterocycles. The van der Waals surface area contributed by atoms with Crippen LogP contribution in [0.1, 0.15) is 31.1 Å². The van der Waals surface area contributed by atoms with Crippen molar-refractivity contribution < 1.29 is 77.2 Å². The van der Waals surface area contributed by atoms with Gasteiger partial charge >= 0.3 is 64.3 Å². The van der Waals surface area contributed by atoms with Gasteiger partial charge in [0, 0.05) is 0 Å². The fourth-order valence-electron chi connectivity index (χ4n) is 2.99. The minimum Gasteiger partial charge on any atom is -0.547 e. The zero-order chi connectivity index (χ0) is 32.0. The molecule has 3 aromatic rings. The number of benzene rings is 3. The fourth-order valence-corrected chi connectivity index (χ4v) is 5.16. The molecule has 0 spiro atoms. The van der Waals surface area contributed by atoms with Crippen molar-refractivity contribution >= 4 is 64.3 Å². The van der Waals surface area contributed by atoms with Crippen LogP contribution in [0.3, 0.4) is 0 Å². The summed E-state index contributed by atoms with van der Waals surface area (Å²) in [7, 11) is -15.4. The molecule has 0 fully saturated rings. The third-order valence-corrected chi connectivity index (χ3v) is 6.91. The van der Waals surface area contributed by atoms with Crippen LogP contribution in [-0.4, -0.2) is 72.0 Å². The molecule has 0 aliphatic carbocycles. The molecule has 22 heteroatoms. The molecule has 0 atom stereocenters. The first-order valence-corrected chi connectivity index (χ1v) is 16.3. The van der Waals surface area contributed by atoms with Gasteiger partial charge in [0.1, 0.15) is 16.7 Å². The van der Waals surface area contributed by atoms with Crippen LogP contribution in [0.2, 0.25) is 0 Å². The van der Waals surface area contributed by atoms with Crippen molar-refractivity contribution in [2.24, 2.45) is 0 Å². The zero-order valence-electron chi connectivity index (χ0n) is 20.7. The van der Waals surface area contributed by atoms with Crippen LogP contribution in [0, 0.1) is 0 Å². The van der Waals surface area contributed by atoms with Crippen molar-refractivity contribution in [2.75, 3.05) is 0 Å². The molecule has 43 heavy (non-hydrogen) atoms. The Morgan fingerprint density at radius 3 is 0.930 bits per heavy atom. The highest BCUT2D eigenvalue weighted by Gasteiger charge is 2.50. The monoisotopic (exact) mass is 678 g/mol. The van der Waals surface area contributed by atoms with Gasteiger partial charge in [0.25, 0.3) is 0 Å². The van der Waals surface area contributed by atoms with Gasteiger partial charge in [-0.15, -0.1) is 0 Å². The van der Waals surface area contributed by atoms with E-state index in [1.54, 1.807) is 0 Å². The molecular weight excluding hydrogens is 663 g/mol. The molecule has 3 aromatic carbocycles. The molecule has 0 heterocycles. The van der Waals surface area contributed by atoms with Crippen LogP contribution in [0.15, 0.2) is 72.8 Å². The van der Waals surface area contributed by atoms with Gasteiger partial charge in [-0.2, -0.15) is 25.3 Å². The fraction of sp³-hybridized carbons (Fsp3) is 0. The van der Waals surface area contributed by atoms with Crippen LogP contribution >= 0.6 is 0 Å². The molecular formula is C21H15AlO18S3. The van der Waals surface area contributed by atoms with E-state index in [-0.39, 0.29) is 0 Å². The predicted octanol–water partition coefficient (Wildman–Crippen LogP) is 1.09. The molecule has 3 N–H and O–H groups in total. The highest BCUT2D eigenvalue weighted by molar-refractivity contribution is 7.81. The Balaban J connectivity index is 1.98. The van der Waals surface area contributed by atoms with Crippen LogP contribution in [0.25, 0.3) is 0 Å². The number of hydrogen-bond donors (Lipinski definition) is 3. The molecule has 0 aliphatic heterocycles.